The molecule has 0 spiro atoms. The van der Waals surface area contributed by atoms with E-state index >= 15 is 0 Å². The first-order valence-electron chi connectivity index (χ1n) is 19.8. The summed E-state index contributed by atoms with van der Waals surface area (Å²) in [6.07, 6.45) is 31.3. The zero-order chi connectivity index (χ0) is 34.9. The molecule has 9 heteroatoms. The lowest BCUT2D eigenvalue weighted by atomic mass is 10.0. The molecule has 0 saturated heterocycles. The van der Waals surface area contributed by atoms with Crippen molar-refractivity contribution in [2.45, 2.75) is 187 Å². The largest absolute Gasteiger partial charge is 0.472 e. The molecule has 0 bridgehead atoms. The number of hydrogen-bond acceptors (Lipinski definition) is 6. The highest BCUT2D eigenvalue weighted by molar-refractivity contribution is 7.47. The van der Waals surface area contributed by atoms with E-state index in [-0.39, 0.29) is 25.8 Å². The van der Waals surface area contributed by atoms with Crippen molar-refractivity contribution in [3.63, 3.8) is 0 Å². The second-order valence-electron chi connectivity index (χ2n) is 14.7. The molecule has 0 aromatic heterocycles. The highest BCUT2D eigenvalue weighted by atomic mass is 31.2. The SMILES string of the molecule is CCCCCCCCCCCCCCCCO[C@H](COC(=O)CCCCCCCCCCCCC)COP(=O)(O)OCC[N+](C)(C)C. The van der Waals surface area contributed by atoms with E-state index in [4.69, 9.17) is 18.5 Å². The molecule has 2 atom stereocenters. The van der Waals surface area contributed by atoms with Crippen LogP contribution in [0, 0.1) is 0 Å². The summed E-state index contributed by atoms with van der Waals surface area (Å²) < 4.78 is 34.9. The molecule has 47 heavy (non-hydrogen) atoms. The van der Waals surface area contributed by atoms with E-state index in [2.05, 4.69) is 13.8 Å². The molecule has 0 aromatic rings. The summed E-state index contributed by atoms with van der Waals surface area (Å²) in [6, 6.07) is 0. The highest BCUT2D eigenvalue weighted by Crippen LogP contribution is 2.43. The van der Waals surface area contributed by atoms with E-state index < -0.39 is 13.9 Å². The van der Waals surface area contributed by atoms with Gasteiger partial charge in [0.05, 0.1) is 27.7 Å². The maximum absolute atomic E-state index is 12.4. The summed E-state index contributed by atoms with van der Waals surface area (Å²) in [4.78, 5) is 22.6. The standard InChI is InChI=1S/C38H78NO7P/c1-6-8-10-12-14-16-18-19-20-22-24-26-28-30-33-43-37(36-46-47(41,42)45-34-32-39(3,4)5)35-44-38(40)31-29-27-25-23-21-17-15-13-11-9-7-2/h37H,6-36H2,1-5H3/p+1/t37-/m1/s1. The molecule has 0 aliphatic carbocycles. The second-order valence-corrected chi connectivity index (χ2v) is 16.1. The van der Waals surface area contributed by atoms with Crippen LogP contribution in [0.15, 0.2) is 0 Å². The smallest absolute Gasteiger partial charge is 0.463 e. The maximum atomic E-state index is 12.4. The lowest BCUT2D eigenvalue weighted by Crippen LogP contribution is -2.37. The summed E-state index contributed by atoms with van der Waals surface area (Å²) in [7, 11) is 1.73. The minimum absolute atomic E-state index is 0.00828. The molecule has 0 aliphatic heterocycles. The quantitative estimate of drug-likeness (QED) is 0.0300. The minimum Gasteiger partial charge on any atom is -0.463 e. The summed E-state index contributed by atoms with van der Waals surface area (Å²) in [6.45, 7) is 5.54. The molecule has 0 radical (unpaired) electrons. The predicted molar refractivity (Wildman–Crippen MR) is 197 cm³/mol. The fourth-order valence-electron chi connectivity index (χ4n) is 5.53. The Balaban J connectivity index is 4.25. The second kappa shape index (κ2) is 32.7. The van der Waals surface area contributed by atoms with E-state index in [0.29, 0.717) is 24.1 Å². The Morgan fingerprint density at radius 2 is 0.979 bits per heavy atom. The normalized spacial score (nSPS) is 13.9. The molecule has 0 aromatic carbocycles. The van der Waals surface area contributed by atoms with Crippen molar-refractivity contribution >= 4 is 13.8 Å². The molecule has 1 N–H and O–H groups in total. The minimum atomic E-state index is -4.23. The van der Waals surface area contributed by atoms with Crippen molar-refractivity contribution < 1.29 is 37.3 Å². The molecule has 0 fully saturated rings. The molecule has 1 unspecified atom stereocenters. The van der Waals surface area contributed by atoms with Crippen LogP contribution >= 0.6 is 7.82 Å². The van der Waals surface area contributed by atoms with Gasteiger partial charge < -0.3 is 18.9 Å². The highest BCUT2D eigenvalue weighted by Gasteiger charge is 2.25. The Labute approximate surface area is 291 Å². The van der Waals surface area contributed by atoms with Crippen LogP contribution in [0.4, 0.5) is 0 Å². The predicted octanol–water partition coefficient (Wildman–Crippen LogP) is 10.9. The molecule has 0 amide bonds. The number of hydrogen-bond donors (Lipinski definition) is 1. The fourth-order valence-corrected chi connectivity index (χ4v) is 6.27. The van der Waals surface area contributed by atoms with Crippen LogP contribution in [0.3, 0.4) is 0 Å². The van der Waals surface area contributed by atoms with Crippen LogP contribution < -0.4 is 0 Å². The average Bonchev–Trinajstić information content (AvgIpc) is 3.01. The molecular formula is C38H79NO7P+. The first-order valence-corrected chi connectivity index (χ1v) is 21.3. The van der Waals surface area contributed by atoms with E-state index in [1.807, 2.05) is 21.1 Å². The van der Waals surface area contributed by atoms with Crippen LogP contribution in [-0.4, -0.2) is 75.6 Å². The maximum Gasteiger partial charge on any atom is 0.472 e. The zero-order valence-electron chi connectivity index (χ0n) is 31.8. The van der Waals surface area contributed by atoms with Crippen molar-refractivity contribution in [3.05, 3.63) is 0 Å². The van der Waals surface area contributed by atoms with Crippen molar-refractivity contribution in [3.8, 4) is 0 Å². The summed E-state index contributed by atoms with van der Waals surface area (Å²) >= 11 is 0. The molecule has 0 heterocycles. The van der Waals surface area contributed by atoms with Gasteiger partial charge in [-0.05, 0) is 12.8 Å². The van der Waals surface area contributed by atoms with Gasteiger partial charge in [-0.3, -0.25) is 13.8 Å². The van der Waals surface area contributed by atoms with Crippen LogP contribution in [0.5, 0.6) is 0 Å². The number of carbonyl (C=O) groups is 1. The lowest BCUT2D eigenvalue weighted by Gasteiger charge is -2.24. The molecular weight excluding hydrogens is 613 g/mol. The van der Waals surface area contributed by atoms with E-state index in [0.717, 1.165) is 32.1 Å². The number of nitrogens with zero attached hydrogens (tertiary/aromatic N) is 1. The van der Waals surface area contributed by atoms with Gasteiger partial charge in [0.15, 0.2) is 0 Å². The number of carbonyl (C=O) groups excluding carboxylic acids is 1. The first-order chi connectivity index (χ1) is 22.6. The van der Waals surface area contributed by atoms with Crippen LogP contribution in [-0.2, 0) is 27.9 Å². The van der Waals surface area contributed by atoms with Gasteiger partial charge in [0.1, 0.15) is 25.9 Å². The third-order valence-corrected chi connectivity index (χ3v) is 9.69. The number of unbranched alkanes of at least 4 members (excludes halogenated alkanes) is 23. The topological polar surface area (TPSA) is 91.3 Å². The third kappa shape index (κ3) is 36.6. The van der Waals surface area contributed by atoms with Crippen molar-refractivity contribution in [2.24, 2.45) is 0 Å². The molecule has 0 saturated carbocycles. The number of phosphoric acid groups is 1. The van der Waals surface area contributed by atoms with Crippen LogP contribution in [0.25, 0.3) is 0 Å². The third-order valence-electron chi connectivity index (χ3n) is 8.71. The van der Waals surface area contributed by atoms with Crippen molar-refractivity contribution in [1.82, 2.24) is 0 Å². The van der Waals surface area contributed by atoms with E-state index in [1.54, 1.807) is 0 Å². The van der Waals surface area contributed by atoms with E-state index in [9.17, 15) is 14.3 Å². The van der Waals surface area contributed by atoms with Gasteiger partial charge in [0, 0.05) is 13.0 Å². The van der Waals surface area contributed by atoms with E-state index in [1.165, 1.54) is 128 Å². The molecule has 8 nitrogen and oxygen atoms in total. The van der Waals surface area contributed by atoms with Gasteiger partial charge in [-0.2, -0.15) is 0 Å². The Morgan fingerprint density at radius 3 is 1.40 bits per heavy atom. The number of quaternary nitrogens is 1. The van der Waals surface area contributed by atoms with Gasteiger partial charge >= 0.3 is 13.8 Å². The lowest BCUT2D eigenvalue weighted by molar-refractivity contribution is -0.870. The molecule has 0 aliphatic rings. The Kier molecular flexibility index (Phi) is 32.3. The Hall–Kier alpha value is -0.500. The number of rotatable bonds is 37. The molecule has 0 rings (SSSR count). The Morgan fingerprint density at radius 1 is 0.574 bits per heavy atom. The number of likely N-dealkylation sites (N-methyl/N-ethyl adjacent to an activating group) is 1. The first kappa shape index (κ1) is 46.5. The summed E-state index contributed by atoms with van der Waals surface area (Å²) in [5, 5.41) is 0. The summed E-state index contributed by atoms with van der Waals surface area (Å²) in [5.74, 6) is -0.252. The summed E-state index contributed by atoms with van der Waals surface area (Å²) in [5.41, 5.74) is 0. The van der Waals surface area contributed by atoms with Crippen LogP contribution in [0.2, 0.25) is 0 Å². The number of esters is 1. The van der Waals surface area contributed by atoms with Crippen molar-refractivity contribution in [2.75, 3.05) is 54.1 Å². The van der Waals surface area contributed by atoms with Gasteiger partial charge in [0.25, 0.3) is 0 Å². The average molecular weight is 693 g/mol. The van der Waals surface area contributed by atoms with Gasteiger partial charge in [0.2, 0.25) is 0 Å². The fraction of sp³-hybridized carbons (Fsp3) is 0.974. The monoisotopic (exact) mass is 693 g/mol. The van der Waals surface area contributed by atoms with Gasteiger partial charge in [-0.25, -0.2) is 4.57 Å². The Bertz CT molecular complexity index is 731. The zero-order valence-corrected chi connectivity index (χ0v) is 32.7. The van der Waals surface area contributed by atoms with Gasteiger partial charge in [-0.1, -0.05) is 162 Å². The molecule has 282 valence electrons. The van der Waals surface area contributed by atoms with Gasteiger partial charge in [-0.15, -0.1) is 0 Å². The van der Waals surface area contributed by atoms with Crippen molar-refractivity contribution in [1.29, 1.82) is 0 Å². The number of ether oxygens (including phenoxy) is 2. The number of phosphoric ester groups is 1. The van der Waals surface area contributed by atoms with Crippen LogP contribution in [0.1, 0.15) is 181 Å².